The Morgan fingerprint density at radius 1 is 1.03 bits per heavy atom. The van der Waals surface area contributed by atoms with Crippen LogP contribution in [0.5, 0.6) is 0 Å². The van der Waals surface area contributed by atoms with Gasteiger partial charge in [-0.15, -0.1) is 0 Å². The molecule has 33 heavy (non-hydrogen) atoms. The molecular formula is C28H32FN3O. The van der Waals surface area contributed by atoms with Crippen LogP contribution in [0.3, 0.4) is 0 Å². The maximum absolute atomic E-state index is 13.5. The molecule has 1 aromatic heterocycles. The monoisotopic (exact) mass is 445 g/mol. The number of carbonyl (C=O) groups excluding carboxylic acids is 1. The Balaban J connectivity index is 1.33. The van der Waals surface area contributed by atoms with E-state index in [1.54, 1.807) is 12.1 Å². The molecule has 0 radical (unpaired) electrons. The van der Waals surface area contributed by atoms with Gasteiger partial charge in [0.1, 0.15) is 5.82 Å². The highest BCUT2D eigenvalue weighted by molar-refractivity contribution is 5.95. The lowest BCUT2D eigenvalue weighted by Crippen LogP contribution is -2.34. The van der Waals surface area contributed by atoms with Crippen molar-refractivity contribution in [3.8, 4) is 0 Å². The van der Waals surface area contributed by atoms with Gasteiger partial charge in [0.25, 0.3) is 5.91 Å². The Labute approximate surface area is 195 Å². The third kappa shape index (κ3) is 6.48. The predicted molar refractivity (Wildman–Crippen MR) is 130 cm³/mol. The Morgan fingerprint density at radius 2 is 1.79 bits per heavy atom. The molecule has 1 N–H and O–H groups in total. The zero-order chi connectivity index (χ0) is 23.0. The first-order valence-electron chi connectivity index (χ1n) is 11.8. The topological polar surface area (TPSA) is 45.2 Å². The van der Waals surface area contributed by atoms with Gasteiger partial charge in [0.05, 0.1) is 11.3 Å². The number of amides is 1. The SMILES string of the molecule is Cc1ccc(C(=O)NCCCc2ccccc2)c(C2CCN(Cc3cccc(F)c3)CC2)n1. The van der Waals surface area contributed by atoms with Gasteiger partial charge in [-0.1, -0.05) is 42.5 Å². The number of rotatable bonds is 8. The molecule has 1 aliphatic rings. The zero-order valence-electron chi connectivity index (χ0n) is 19.3. The summed E-state index contributed by atoms with van der Waals surface area (Å²) in [4.78, 5) is 20.1. The van der Waals surface area contributed by atoms with Gasteiger partial charge < -0.3 is 5.32 Å². The molecule has 2 heterocycles. The number of piperidine rings is 1. The molecule has 172 valence electrons. The Hall–Kier alpha value is -3.05. The molecule has 1 aliphatic heterocycles. The van der Waals surface area contributed by atoms with Crippen molar-refractivity contribution in [2.45, 2.75) is 45.1 Å². The van der Waals surface area contributed by atoms with Crippen LogP contribution in [0.4, 0.5) is 4.39 Å². The number of likely N-dealkylation sites (tertiary alicyclic amines) is 1. The smallest absolute Gasteiger partial charge is 0.253 e. The molecule has 1 fully saturated rings. The highest BCUT2D eigenvalue weighted by Gasteiger charge is 2.26. The first kappa shape index (κ1) is 23.1. The first-order chi connectivity index (χ1) is 16.1. The third-order valence-corrected chi connectivity index (χ3v) is 6.35. The number of aryl methyl sites for hydroxylation is 2. The average molecular weight is 446 g/mol. The summed E-state index contributed by atoms with van der Waals surface area (Å²) >= 11 is 0. The molecule has 0 aliphatic carbocycles. The highest BCUT2D eigenvalue weighted by Crippen LogP contribution is 2.30. The number of nitrogens with one attached hydrogen (secondary N) is 1. The van der Waals surface area contributed by atoms with Crippen molar-refractivity contribution >= 4 is 5.91 Å². The van der Waals surface area contributed by atoms with Gasteiger partial charge in [0.15, 0.2) is 0 Å². The summed E-state index contributed by atoms with van der Waals surface area (Å²) in [5, 5.41) is 3.09. The Morgan fingerprint density at radius 3 is 2.55 bits per heavy atom. The fourth-order valence-electron chi connectivity index (χ4n) is 4.57. The van der Waals surface area contributed by atoms with Crippen LogP contribution in [0.25, 0.3) is 0 Å². The summed E-state index contributed by atoms with van der Waals surface area (Å²) in [7, 11) is 0. The molecule has 1 saturated heterocycles. The van der Waals surface area contributed by atoms with Crippen LogP contribution in [0.15, 0.2) is 66.7 Å². The summed E-state index contributed by atoms with van der Waals surface area (Å²) in [5.74, 6) is 0.0391. The third-order valence-electron chi connectivity index (χ3n) is 6.35. The second kappa shape index (κ2) is 11.2. The molecule has 0 spiro atoms. The van der Waals surface area contributed by atoms with Crippen molar-refractivity contribution in [3.63, 3.8) is 0 Å². The summed E-state index contributed by atoms with van der Waals surface area (Å²) in [6, 6.07) is 21.0. The lowest BCUT2D eigenvalue weighted by molar-refractivity contribution is 0.0950. The molecule has 4 nitrogen and oxygen atoms in total. The first-order valence-corrected chi connectivity index (χ1v) is 11.8. The lowest BCUT2D eigenvalue weighted by atomic mass is 9.89. The minimum Gasteiger partial charge on any atom is -0.352 e. The van der Waals surface area contributed by atoms with Crippen molar-refractivity contribution in [2.24, 2.45) is 0 Å². The molecule has 4 rings (SSSR count). The van der Waals surface area contributed by atoms with Crippen LogP contribution >= 0.6 is 0 Å². The molecule has 1 amide bonds. The van der Waals surface area contributed by atoms with Gasteiger partial charge in [-0.2, -0.15) is 0 Å². The van der Waals surface area contributed by atoms with Crippen molar-refractivity contribution in [2.75, 3.05) is 19.6 Å². The lowest BCUT2D eigenvalue weighted by Gasteiger charge is -2.32. The standard InChI is InChI=1S/C28H32FN3O/c1-21-12-13-26(28(33)30-16-6-10-22-7-3-2-4-8-22)27(31-21)24-14-17-32(18-15-24)20-23-9-5-11-25(29)19-23/h2-5,7-9,11-13,19,24H,6,10,14-18,20H2,1H3,(H,30,33). The van der Waals surface area contributed by atoms with E-state index < -0.39 is 0 Å². The number of aromatic nitrogens is 1. The molecule has 0 bridgehead atoms. The molecule has 2 aromatic carbocycles. The van der Waals surface area contributed by atoms with Crippen LogP contribution in [-0.2, 0) is 13.0 Å². The van der Waals surface area contributed by atoms with E-state index in [-0.39, 0.29) is 17.6 Å². The van der Waals surface area contributed by atoms with Crippen LogP contribution in [-0.4, -0.2) is 35.4 Å². The fourth-order valence-corrected chi connectivity index (χ4v) is 4.57. The van der Waals surface area contributed by atoms with Crippen molar-refractivity contribution < 1.29 is 9.18 Å². The predicted octanol–water partition coefficient (Wildman–Crippen LogP) is 5.27. The van der Waals surface area contributed by atoms with Gasteiger partial charge in [-0.05, 0) is 81.1 Å². The van der Waals surface area contributed by atoms with E-state index in [1.165, 1.54) is 11.6 Å². The van der Waals surface area contributed by atoms with Gasteiger partial charge in [0, 0.05) is 24.7 Å². The van der Waals surface area contributed by atoms with E-state index in [1.807, 2.05) is 43.3 Å². The van der Waals surface area contributed by atoms with Crippen LogP contribution in [0.1, 0.15) is 58.1 Å². The van der Waals surface area contributed by atoms with E-state index in [0.29, 0.717) is 12.1 Å². The summed E-state index contributed by atoms with van der Waals surface area (Å²) in [6.45, 7) is 5.20. The number of pyridine rings is 1. The normalized spacial score (nSPS) is 14.8. The van der Waals surface area contributed by atoms with E-state index >= 15 is 0 Å². The van der Waals surface area contributed by atoms with Gasteiger partial charge in [0.2, 0.25) is 0 Å². The molecule has 0 atom stereocenters. The fraction of sp³-hybridized carbons (Fsp3) is 0.357. The maximum Gasteiger partial charge on any atom is 0.253 e. The molecule has 3 aromatic rings. The van der Waals surface area contributed by atoms with Gasteiger partial charge in [-0.3, -0.25) is 14.7 Å². The quantitative estimate of drug-likeness (QED) is 0.481. The number of benzene rings is 2. The van der Waals surface area contributed by atoms with E-state index in [9.17, 15) is 9.18 Å². The minimum atomic E-state index is -0.189. The van der Waals surface area contributed by atoms with Gasteiger partial charge in [-0.25, -0.2) is 4.39 Å². The van der Waals surface area contributed by atoms with E-state index in [2.05, 4.69) is 22.3 Å². The molecule has 5 heteroatoms. The average Bonchev–Trinajstić information content (AvgIpc) is 2.83. The largest absolute Gasteiger partial charge is 0.352 e. The Kier molecular flexibility index (Phi) is 7.84. The number of halogens is 1. The zero-order valence-corrected chi connectivity index (χ0v) is 19.3. The second-order valence-corrected chi connectivity index (χ2v) is 8.91. The maximum atomic E-state index is 13.5. The summed E-state index contributed by atoms with van der Waals surface area (Å²) < 4.78 is 13.5. The molecular weight excluding hydrogens is 413 g/mol. The number of hydrogen-bond acceptors (Lipinski definition) is 3. The minimum absolute atomic E-state index is 0.0345. The van der Waals surface area contributed by atoms with Crippen LogP contribution < -0.4 is 5.32 Å². The van der Waals surface area contributed by atoms with Crippen molar-refractivity contribution in [1.82, 2.24) is 15.2 Å². The van der Waals surface area contributed by atoms with Crippen molar-refractivity contribution in [1.29, 1.82) is 0 Å². The Bertz CT molecular complexity index is 1060. The van der Waals surface area contributed by atoms with Crippen LogP contribution in [0, 0.1) is 12.7 Å². The number of carbonyl (C=O) groups is 1. The van der Waals surface area contributed by atoms with Crippen LogP contribution in [0.2, 0.25) is 0 Å². The van der Waals surface area contributed by atoms with E-state index in [0.717, 1.165) is 62.3 Å². The number of hydrogen-bond donors (Lipinski definition) is 1. The summed E-state index contributed by atoms with van der Waals surface area (Å²) in [6.07, 6.45) is 3.74. The number of nitrogens with zero attached hydrogens (tertiary/aromatic N) is 2. The second-order valence-electron chi connectivity index (χ2n) is 8.91. The van der Waals surface area contributed by atoms with Gasteiger partial charge >= 0.3 is 0 Å². The summed E-state index contributed by atoms with van der Waals surface area (Å²) in [5.41, 5.74) is 4.84. The van der Waals surface area contributed by atoms with Crippen molar-refractivity contribution in [3.05, 3.63) is 101 Å². The molecule has 0 unspecified atom stereocenters. The highest BCUT2D eigenvalue weighted by atomic mass is 19.1. The van der Waals surface area contributed by atoms with E-state index in [4.69, 9.17) is 4.98 Å². The molecule has 0 saturated carbocycles.